The Hall–Kier alpha value is -1.02. The number of anilines is 1. The first-order chi connectivity index (χ1) is 9.19. The van der Waals surface area contributed by atoms with Gasteiger partial charge >= 0.3 is 0 Å². The van der Waals surface area contributed by atoms with Gasteiger partial charge in [0.2, 0.25) is 0 Å². The van der Waals surface area contributed by atoms with E-state index in [0.29, 0.717) is 5.41 Å². The van der Waals surface area contributed by atoms with Crippen LogP contribution in [0.3, 0.4) is 0 Å². The van der Waals surface area contributed by atoms with Crippen molar-refractivity contribution in [1.82, 2.24) is 0 Å². The van der Waals surface area contributed by atoms with Gasteiger partial charge in [-0.3, -0.25) is 0 Å². The van der Waals surface area contributed by atoms with Crippen molar-refractivity contribution >= 4 is 5.69 Å². The zero-order chi connectivity index (χ0) is 13.3. The molecule has 1 spiro atoms. The second-order valence-corrected chi connectivity index (χ2v) is 6.46. The topological polar surface area (TPSA) is 23.5 Å². The van der Waals surface area contributed by atoms with Crippen LogP contribution in [-0.2, 0) is 0 Å². The Morgan fingerprint density at radius 2 is 1.58 bits per heavy atom. The highest BCUT2D eigenvalue weighted by atomic mass is 16.3. The van der Waals surface area contributed by atoms with Gasteiger partial charge in [-0.1, -0.05) is 25.0 Å². The molecule has 1 aliphatic heterocycles. The summed E-state index contributed by atoms with van der Waals surface area (Å²) in [7, 11) is 0. The van der Waals surface area contributed by atoms with Crippen molar-refractivity contribution in [2.24, 2.45) is 5.41 Å². The van der Waals surface area contributed by atoms with Crippen LogP contribution in [-0.4, -0.2) is 18.2 Å². The Bertz CT molecular complexity index is 407. The van der Waals surface area contributed by atoms with Gasteiger partial charge in [0.05, 0.1) is 6.10 Å². The summed E-state index contributed by atoms with van der Waals surface area (Å²) in [6.45, 7) is 4.22. The second kappa shape index (κ2) is 5.16. The second-order valence-electron chi connectivity index (χ2n) is 6.46. The lowest BCUT2D eigenvalue weighted by molar-refractivity contribution is 0.199. The maximum absolute atomic E-state index is 9.55. The SMILES string of the molecule is CC(O)c1ccc(N2CCC3(CCCC3)CC2)cc1. The van der Waals surface area contributed by atoms with Crippen molar-refractivity contribution in [1.29, 1.82) is 0 Å². The zero-order valence-corrected chi connectivity index (χ0v) is 11.9. The first-order valence-corrected chi connectivity index (χ1v) is 7.72. The number of rotatable bonds is 2. The summed E-state index contributed by atoms with van der Waals surface area (Å²) >= 11 is 0. The third-order valence-electron chi connectivity index (χ3n) is 5.23. The fourth-order valence-electron chi connectivity index (χ4n) is 3.83. The summed E-state index contributed by atoms with van der Waals surface area (Å²) in [5.41, 5.74) is 3.01. The summed E-state index contributed by atoms with van der Waals surface area (Å²) in [5, 5.41) is 9.55. The molecular weight excluding hydrogens is 234 g/mol. The van der Waals surface area contributed by atoms with Crippen LogP contribution in [0.1, 0.15) is 57.1 Å². The van der Waals surface area contributed by atoms with E-state index in [4.69, 9.17) is 0 Å². The number of aliphatic hydroxyl groups excluding tert-OH is 1. The maximum atomic E-state index is 9.55. The third kappa shape index (κ3) is 2.64. The van der Waals surface area contributed by atoms with Gasteiger partial charge in [-0.05, 0) is 55.7 Å². The van der Waals surface area contributed by atoms with Crippen molar-refractivity contribution in [3.63, 3.8) is 0 Å². The van der Waals surface area contributed by atoms with E-state index in [2.05, 4.69) is 29.2 Å². The molecule has 1 saturated heterocycles. The molecule has 3 rings (SSSR count). The first-order valence-electron chi connectivity index (χ1n) is 7.72. The predicted octanol–water partition coefficient (Wildman–Crippen LogP) is 3.90. The molecule has 1 aromatic rings. The van der Waals surface area contributed by atoms with Crippen molar-refractivity contribution in [2.45, 2.75) is 51.6 Å². The van der Waals surface area contributed by atoms with Crippen molar-refractivity contribution < 1.29 is 5.11 Å². The number of benzene rings is 1. The molecule has 104 valence electrons. The van der Waals surface area contributed by atoms with Gasteiger partial charge in [-0.2, -0.15) is 0 Å². The van der Waals surface area contributed by atoms with Gasteiger partial charge in [0.25, 0.3) is 0 Å². The Morgan fingerprint density at radius 1 is 1.00 bits per heavy atom. The lowest BCUT2D eigenvalue weighted by atomic mass is 9.77. The summed E-state index contributed by atoms with van der Waals surface area (Å²) in [6.07, 6.45) is 8.18. The number of aliphatic hydroxyl groups is 1. The minimum Gasteiger partial charge on any atom is -0.389 e. The Morgan fingerprint density at radius 3 is 2.11 bits per heavy atom. The first kappa shape index (κ1) is 13.0. The predicted molar refractivity (Wildman–Crippen MR) is 79.4 cm³/mol. The molecule has 0 radical (unpaired) electrons. The van der Waals surface area contributed by atoms with Crippen LogP contribution in [0.4, 0.5) is 5.69 Å². The van der Waals surface area contributed by atoms with Gasteiger partial charge in [0, 0.05) is 18.8 Å². The highest BCUT2D eigenvalue weighted by Crippen LogP contribution is 2.46. The largest absolute Gasteiger partial charge is 0.389 e. The minimum absolute atomic E-state index is 0.364. The minimum atomic E-state index is -0.364. The zero-order valence-electron chi connectivity index (χ0n) is 11.9. The third-order valence-corrected chi connectivity index (χ3v) is 5.23. The molecule has 19 heavy (non-hydrogen) atoms. The quantitative estimate of drug-likeness (QED) is 0.870. The van der Waals surface area contributed by atoms with E-state index in [1.54, 1.807) is 0 Å². The van der Waals surface area contributed by atoms with Crippen LogP contribution < -0.4 is 4.90 Å². The molecule has 1 aromatic carbocycles. The van der Waals surface area contributed by atoms with Crippen LogP contribution in [0, 0.1) is 5.41 Å². The van der Waals surface area contributed by atoms with E-state index in [0.717, 1.165) is 5.56 Å². The van der Waals surface area contributed by atoms with Gasteiger partial charge in [0.1, 0.15) is 0 Å². The number of hydrogen-bond acceptors (Lipinski definition) is 2. The Balaban J connectivity index is 1.64. The van der Waals surface area contributed by atoms with Crippen molar-refractivity contribution in [3.05, 3.63) is 29.8 Å². The van der Waals surface area contributed by atoms with E-state index in [-0.39, 0.29) is 6.10 Å². The van der Waals surface area contributed by atoms with E-state index >= 15 is 0 Å². The molecule has 1 atom stereocenters. The fourth-order valence-corrected chi connectivity index (χ4v) is 3.83. The molecule has 1 saturated carbocycles. The maximum Gasteiger partial charge on any atom is 0.0761 e. The molecule has 0 amide bonds. The van der Waals surface area contributed by atoms with Gasteiger partial charge in [-0.25, -0.2) is 0 Å². The average Bonchev–Trinajstić information content (AvgIpc) is 2.88. The molecule has 1 unspecified atom stereocenters. The number of nitrogens with zero attached hydrogens (tertiary/aromatic N) is 1. The molecule has 2 heteroatoms. The molecule has 1 heterocycles. The fraction of sp³-hybridized carbons (Fsp3) is 0.647. The highest BCUT2D eigenvalue weighted by Gasteiger charge is 2.36. The summed E-state index contributed by atoms with van der Waals surface area (Å²) < 4.78 is 0. The van der Waals surface area contributed by atoms with Gasteiger partial charge in [-0.15, -0.1) is 0 Å². The normalized spacial score (nSPS) is 23.8. The molecular formula is C17H25NO. The van der Waals surface area contributed by atoms with Crippen molar-refractivity contribution in [3.8, 4) is 0 Å². The molecule has 0 bridgehead atoms. The summed E-state index contributed by atoms with van der Waals surface area (Å²) in [5.74, 6) is 0. The lowest BCUT2D eigenvalue weighted by Crippen LogP contribution is -2.38. The highest BCUT2D eigenvalue weighted by molar-refractivity contribution is 5.48. The molecule has 1 aliphatic carbocycles. The Labute approximate surface area is 116 Å². The van der Waals surface area contributed by atoms with Crippen LogP contribution in [0.25, 0.3) is 0 Å². The summed E-state index contributed by atoms with van der Waals surface area (Å²) in [4.78, 5) is 2.51. The van der Waals surface area contributed by atoms with Gasteiger partial charge < -0.3 is 10.0 Å². The van der Waals surface area contributed by atoms with Crippen molar-refractivity contribution in [2.75, 3.05) is 18.0 Å². The molecule has 1 N–H and O–H groups in total. The lowest BCUT2D eigenvalue weighted by Gasteiger charge is -2.40. The molecule has 2 nitrogen and oxygen atoms in total. The van der Waals surface area contributed by atoms with Crippen LogP contribution in [0.15, 0.2) is 24.3 Å². The molecule has 0 aromatic heterocycles. The van der Waals surface area contributed by atoms with E-state index in [1.807, 2.05) is 6.92 Å². The summed E-state index contributed by atoms with van der Waals surface area (Å²) in [6, 6.07) is 8.43. The average molecular weight is 259 g/mol. The van der Waals surface area contributed by atoms with E-state index < -0.39 is 0 Å². The Kier molecular flexibility index (Phi) is 3.53. The van der Waals surface area contributed by atoms with E-state index in [9.17, 15) is 5.11 Å². The standard InChI is InChI=1S/C17H25NO/c1-14(19)15-4-6-16(7-5-15)18-12-10-17(11-13-18)8-2-3-9-17/h4-7,14,19H,2-3,8-13H2,1H3. The molecule has 2 fully saturated rings. The van der Waals surface area contributed by atoms with Crippen LogP contribution in [0.5, 0.6) is 0 Å². The van der Waals surface area contributed by atoms with Gasteiger partial charge in [0.15, 0.2) is 0 Å². The monoisotopic (exact) mass is 259 g/mol. The number of hydrogen-bond donors (Lipinski definition) is 1. The smallest absolute Gasteiger partial charge is 0.0761 e. The van der Waals surface area contributed by atoms with E-state index in [1.165, 1.54) is 57.3 Å². The number of piperidine rings is 1. The van der Waals surface area contributed by atoms with Crippen LogP contribution >= 0.6 is 0 Å². The molecule has 2 aliphatic rings. The van der Waals surface area contributed by atoms with Crippen LogP contribution in [0.2, 0.25) is 0 Å².